The summed E-state index contributed by atoms with van der Waals surface area (Å²) in [5.41, 5.74) is 0.819. The highest BCUT2D eigenvalue weighted by Crippen LogP contribution is 2.28. The van der Waals surface area contributed by atoms with Gasteiger partial charge in [0.1, 0.15) is 17.3 Å². The van der Waals surface area contributed by atoms with Crippen molar-refractivity contribution in [2.45, 2.75) is 13.0 Å². The Morgan fingerprint density at radius 1 is 1.58 bits per heavy atom. The van der Waals surface area contributed by atoms with Gasteiger partial charge in [0.2, 0.25) is 0 Å². The maximum Gasteiger partial charge on any atom is 0.255 e. The van der Waals surface area contributed by atoms with Crippen LogP contribution in [0.3, 0.4) is 0 Å². The molecule has 0 bridgehead atoms. The van der Waals surface area contributed by atoms with Crippen LogP contribution in [0.25, 0.3) is 5.78 Å². The van der Waals surface area contributed by atoms with Crippen LogP contribution in [0.15, 0.2) is 6.33 Å². The van der Waals surface area contributed by atoms with Crippen LogP contribution in [0.4, 0.5) is 5.82 Å². The first-order valence-electron chi connectivity index (χ1n) is 6.03. The van der Waals surface area contributed by atoms with Crippen LogP contribution in [-0.2, 0) is 4.74 Å². The van der Waals surface area contributed by atoms with Gasteiger partial charge in [-0.2, -0.15) is 19.6 Å². The zero-order valence-electron chi connectivity index (χ0n) is 10.5. The number of anilines is 1. The number of rotatable bonds is 2. The summed E-state index contributed by atoms with van der Waals surface area (Å²) in [7, 11) is 0. The molecule has 19 heavy (non-hydrogen) atoms. The second-order valence-electron chi connectivity index (χ2n) is 4.43. The average molecular weight is 284 g/mol. The summed E-state index contributed by atoms with van der Waals surface area (Å²) in [5.74, 6) is 1.27. The van der Waals surface area contributed by atoms with Gasteiger partial charge in [-0.1, -0.05) is 11.6 Å². The molecule has 0 spiro atoms. The van der Waals surface area contributed by atoms with E-state index in [4.69, 9.17) is 16.3 Å². The molecule has 1 atom stereocenters. The summed E-state index contributed by atoms with van der Waals surface area (Å²) in [6.07, 6.45) is 1.44. The fourth-order valence-electron chi connectivity index (χ4n) is 2.31. The van der Waals surface area contributed by atoms with Crippen molar-refractivity contribution < 1.29 is 9.84 Å². The highest BCUT2D eigenvalue weighted by atomic mass is 35.5. The maximum absolute atomic E-state index is 9.49. The zero-order chi connectivity index (χ0) is 13.4. The van der Waals surface area contributed by atoms with Crippen molar-refractivity contribution in [3.63, 3.8) is 0 Å². The van der Waals surface area contributed by atoms with Crippen LogP contribution in [0.5, 0.6) is 0 Å². The molecular weight excluding hydrogens is 270 g/mol. The molecule has 1 saturated heterocycles. The third-order valence-electron chi connectivity index (χ3n) is 3.28. The van der Waals surface area contributed by atoms with E-state index in [1.807, 2.05) is 11.8 Å². The highest BCUT2D eigenvalue weighted by Gasteiger charge is 2.27. The fourth-order valence-corrected chi connectivity index (χ4v) is 2.47. The van der Waals surface area contributed by atoms with Gasteiger partial charge >= 0.3 is 0 Å². The Morgan fingerprint density at radius 2 is 2.42 bits per heavy atom. The molecule has 7 nitrogen and oxygen atoms in total. The zero-order valence-corrected chi connectivity index (χ0v) is 11.2. The van der Waals surface area contributed by atoms with Crippen LogP contribution < -0.4 is 4.90 Å². The average Bonchev–Trinajstić information content (AvgIpc) is 2.88. The molecule has 1 unspecified atom stereocenters. The Labute approximate surface area is 114 Å². The van der Waals surface area contributed by atoms with Crippen LogP contribution >= 0.6 is 11.6 Å². The number of halogens is 1. The van der Waals surface area contributed by atoms with E-state index in [-0.39, 0.29) is 12.6 Å². The van der Waals surface area contributed by atoms with Crippen molar-refractivity contribution >= 4 is 23.2 Å². The molecule has 0 amide bonds. The van der Waals surface area contributed by atoms with Crippen LogP contribution in [-0.4, -0.2) is 57.1 Å². The molecule has 0 radical (unpaired) electrons. The number of ether oxygens (including phenoxy) is 1. The number of fused-ring (bicyclic) bond motifs is 1. The minimum Gasteiger partial charge on any atom is -0.394 e. The summed E-state index contributed by atoms with van der Waals surface area (Å²) in [6.45, 7) is 3.64. The lowest BCUT2D eigenvalue weighted by Gasteiger charge is -2.36. The van der Waals surface area contributed by atoms with Crippen LogP contribution in [0.2, 0.25) is 5.15 Å². The van der Waals surface area contributed by atoms with Gasteiger partial charge < -0.3 is 14.7 Å². The number of morpholine rings is 1. The maximum atomic E-state index is 9.49. The SMILES string of the molecule is Cc1c(Cl)nc2ncnn2c1N1CCOCC1CO. The number of hydrogen-bond donors (Lipinski definition) is 1. The van der Waals surface area contributed by atoms with Gasteiger partial charge in [0.05, 0.1) is 25.9 Å². The van der Waals surface area contributed by atoms with Crippen LogP contribution in [0, 0.1) is 6.92 Å². The highest BCUT2D eigenvalue weighted by molar-refractivity contribution is 6.30. The standard InChI is InChI=1S/C11H14ClN5O2/c1-7-9(12)15-11-13-6-14-17(11)10(7)16-2-3-19-5-8(16)4-18/h6,8,18H,2-5H2,1H3. The first-order valence-corrected chi connectivity index (χ1v) is 6.41. The summed E-state index contributed by atoms with van der Waals surface area (Å²) < 4.78 is 7.04. The molecule has 3 rings (SSSR count). The van der Waals surface area contributed by atoms with E-state index in [0.717, 1.165) is 11.4 Å². The lowest BCUT2D eigenvalue weighted by molar-refractivity contribution is 0.0720. The van der Waals surface area contributed by atoms with Crippen molar-refractivity contribution in [2.24, 2.45) is 0 Å². The molecule has 2 aromatic rings. The van der Waals surface area contributed by atoms with Gasteiger partial charge in [-0.15, -0.1) is 0 Å². The van der Waals surface area contributed by atoms with Gasteiger partial charge in [-0.25, -0.2) is 0 Å². The molecule has 3 heterocycles. The van der Waals surface area contributed by atoms with Crippen molar-refractivity contribution in [1.82, 2.24) is 19.6 Å². The molecule has 1 N–H and O–H groups in total. The molecule has 102 valence electrons. The topological polar surface area (TPSA) is 75.8 Å². The molecule has 8 heteroatoms. The van der Waals surface area contributed by atoms with E-state index in [2.05, 4.69) is 15.1 Å². The molecule has 1 aliphatic rings. The Bertz CT molecular complexity index is 602. The van der Waals surface area contributed by atoms with E-state index in [0.29, 0.717) is 30.7 Å². The number of hydrogen-bond acceptors (Lipinski definition) is 6. The third-order valence-corrected chi connectivity index (χ3v) is 3.65. The monoisotopic (exact) mass is 283 g/mol. The number of aliphatic hydroxyl groups excluding tert-OH is 1. The predicted octanol–water partition coefficient (Wildman–Crippen LogP) is 0.284. The van der Waals surface area contributed by atoms with E-state index >= 15 is 0 Å². The van der Waals surface area contributed by atoms with Gasteiger partial charge in [0.25, 0.3) is 5.78 Å². The van der Waals surface area contributed by atoms with Gasteiger partial charge in [-0.3, -0.25) is 0 Å². The normalized spacial score (nSPS) is 20.2. The predicted molar refractivity (Wildman–Crippen MR) is 69.6 cm³/mol. The molecule has 0 saturated carbocycles. The Hall–Kier alpha value is -1.44. The lowest BCUT2D eigenvalue weighted by Crippen LogP contribution is -2.48. The summed E-state index contributed by atoms with van der Waals surface area (Å²) >= 11 is 6.15. The third kappa shape index (κ3) is 2.03. The minimum absolute atomic E-state index is 0.00950. The number of aromatic nitrogens is 4. The number of aliphatic hydroxyl groups is 1. The van der Waals surface area contributed by atoms with E-state index in [9.17, 15) is 5.11 Å². The van der Waals surface area contributed by atoms with Crippen molar-refractivity contribution in [2.75, 3.05) is 31.3 Å². The number of nitrogens with zero attached hydrogens (tertiary/aromatic N) is 5. The second kappa shape index (κ2) is 4.92. The van der Waals surface area contributed by atoms with Gasteiger partial charge in [-0.05, 0) is 6.92 Å². The van der Waals surface area contributed by atoms with Crippen molar-refractivity contribution in [3.05, 3.63) is 17.0 Å². The first-order chi connectivity index (χ1) is 9.22. The lowest BCUT2D eigenvalue weighted by atomic mass is 10.2. The largest absolute Gasteiger partial charge is 0.394 e. The second-order valence-corrected chi connectivity index (χ2v) is 4.79. The van der Waals surface area contributed by atoms with E-state index in [1.54, 1.807) is 4.52 Å². The molecule has 2 aromatic heterocycles. The Morgan fingerprint density at radius 3 is 3.21 bits per heavy atom. The molecule has 0 aliphatic carbocycles. The first kappa shape index (κ1) is 12.6. The van der Waals surface area contributed by atoms with E-state index < -0.39 is 0 Å². The van der Waals surface area contributed by atoms with Gasteiger partial charge in [0.15, 0.2) is 0 Å². The molecular formula is C11H14ClN5O2. The summed E-state index contributed by atoms with van der Waals surface area (Å²) in [4.78, 5) is 10.3. The van der Waals surface area contributed by atoms with Crippen molar-refractivity contribution in [3.8, 4) is 0 Å². The Kier molecular flexibility index (Phi) is 3.26. The summed E-state index contributed by atoms with van der Waals surface area (Å²) in [5, 5.41) is 14.1. The smallest absolute Gasteiger partial charge is 0.255 e. The van der Waals surface area contributed by atoms with Crippen molar-refractivity contribution in [1.29, 1.82) is 0 Å². The van der Waals surface area contributed by atoms with Crippen LogP contribution in [0.1, 0.15) is 5.56 Å². The molecule has 1 aliphatic heterocycles. The summed E-state index contributed by atoms with van der Waals surface area (Å²) in [6, 6.07) is -0.113. The molecule has 0 aromatic carbocycles. The minimum atomic E-state index is -0.113. The molecule has 1 fully saturated rings. The van der Waals surface area contributed by atoms with E-state index in [1.165, 1.54) is 6.33 Å². The fraction of sp³-hybridized carbons (Fsp3) is 0.545. The quantitative estimate of drug-likeness (QED) is 0.798. The van der Waals surface area contributed by atoms with Gasteiger partial charge in [0, 0.05) is 12.1 Å². The Balaban J connectivity index is 2.17.